The van der Waals surface area contributed by atoms with Crippen LogP contribution in [0.25, 0.3) is 0 Å². The third-order valence-corrected chi connectivity index (χ3v) is 13.7. The van der Waals surface area contributed by atoms with Crippen LogP contribution < -0.4 is 54.8 Å². The Morgan fingerprint density at radius 1 is 0.714 bits per heavy atom. The van der Waals surface area contributed by atoms with Crippen molar-refractivity contribution in [1.82, 2.24) is 36.8 Å². The van der Waals surface area contributed by atoms with Gasteiger partial charge in [-0.2, -0.15) is 0 Å². The molecule has 0 heterocycles. The van der Waals surface area contributed by atoms with Crippen LogP contribution in [-0.4, -0.2) is 145 Å². The molecule has 0 saturated heterocycles. The van der Waals surface area contributed by atoms with E-state index in [1.165, 1.54) is 19.2 Å². The number of benzene rings is 1. The van der Waals surface area contributed by atoms with Gasteiger partial charge in [0.15, 0.2) is 0 Å². The maximum atomic E-state index is 14.0. The first-order chi connectivity index (χ1) is 32.9. The molecule has 15 N–H and O–H groups in total. The van der Waals surface area contributed by atoms with Crippen LogP contribution in [0.2, 0.25) is 0 Å². The molecule has 1 aromatic rings. The number of amides is 10. The van der Waals surface area contributed by atoms with Gasteiger partial charge in [-0.25, -0.2) is 8.42 Å². The second-order valence-corrected chi connectivity index (χ2v) is 20.2. The van der Waals surface area contributed by atoms with Crippen molar-refractivity contribution in [1.29, 1.82) is 0 Å². The molecule has 0 bridgehead atoms. The Morgan fingerprint density at radius 3 is 1.89 bits per heavy atom. The van der Waals surface area contributed by atoms with E-state index < -0.39 is 156 Å². The zero-order valence-electron chi connectivity index (χ0n) is 40.5. The van der Waals surface area contributed by atoms with Crippen LogP contribution in [0.15, 0.2) is 24.3 Å². The molecule has 1 aromatic carbocycles. The second kappa shape index (κ2) is 29.6. The van der Waals surface area contributed by atoms with E-state index in [-0.39, 0.29) is 36.7 Å². The van der Waals surface area contributed by atoms with Gasteiger partial charge in [-0.15, -0.1) is 0 Å². The molecule has 1 fully saturated rings. The number of hydrogen-bond donors (Lipinski definition) is 11. The molecular weight excluding hydrogens is 935 g/mol. The summed E-state index contributed by atoms with van der Waals surface area (Å²) in [6.45, 7) is 3.86. The molecule has 2 rings (SSSR count). The summed E-state index contributed by atoms with van der Waals surface area (Å²) in [5.41, 5.74) is 22.8. The number of likely N-dealkylation sites (N-methyl/N-ethyl adjacent to an activating group) is 1. The smallest absolute Gasteiger partial charge is 0.245 e. The van der Waals surface area contributed by atoms with Gasteiger partial charge in [0.1, 0.15) is 45.8 Å². The molecule has 24 nitrogen and oxygen atoms in total. The van der Waals surface area contributed by atoms with Gasteiger partial charge < -0.3 is 64.8 Å². The van der Waals surface area contributed by atoms with Crippen LogP contribution in [0.5, 0.6) is 5.75 Å². The number of aromatic hydroxyl groups is 1. The first-order valence-corrected chi connectivity index (χ1v) is 25.3. The summed E-state index contributed by atoms with van der Waals surface area (Å²) in [5.74, 6) is -10.4. The number of rotatable bonds is 31. The average molecular weight is 1010 g/mol. The Kier molecular flexibility index (Phi) is 25.3. The SMILES string of the molecule is CCCS(=O)(=O)CC[C@H](NC(=O)[C@H](CC(N)=O)NC(=O)[C@H](CCC(N)=O)NC(=O)[C@@H](NC(=O)[C@H](N)Cc1ccc(O)cc1)[C@@H](C)CC)C(=O)N(C)CC(=O)N[C@@H](CC1CCCCC1)C(=O)NCC(N)=O. The summed E-state index contributed by atoms with van der Waals surface area (Å²) in [4.78, 5) is 132. The minimum atomic E-state index is -3.78. The number of primary amides is 3. The van der Waals surface area contributed by atoms with Crippen molar-refractivity contribution in [3.8, 4) is 5.75 Å². The fourth-order valence-corrected chi connectivity index (χ4v) is 9.19. The fraction of sp³-hybridized carbons (Fsp3) is 0.644. The van der Waals surface area contributed by atoms with Crippen molar-refractivity contribution in [2.24, 2.45) is 34.8 Å². The van der Waals surface area contributed by atoms with E-state index in [1.807, 2.05) is 0 Å². The lowest BCUT2D eigenvalue weighted by Crippen LogP contribution is -2.60. The predicted octanol–water partition coefficient (Wildman–Crippen LogP) is -2.88. The number of nitrogens with one attached hydrogen (secondary N) is 6. The second-order valence-electron chi connectivity index (χ2n) is 17.9. The zero-order chi connectivity index (χ0) is 52.7. The summed E-state index contributed by atoms with van der Waals surface area (Å²) >= 11 is 0. The largest absolute Gasteiger partial charge is 0.508 e. The topological polar surface area (TPSA) is 405 Å². The Labute approximate surface area is 408 Å². The highest BCUT2D eigenvalue weighted by molar-refractivity contribution is 7.91. The molecule has 70 heavy (non-hydrogen) atoms. The van der Waals surface area contributed by atoms with Crippen molar-refractivity contribution >= 4 is 68.9 Å². The summed E-state index contributed by atoms with van der Waals surface area (Å²) in [7, 11) is -2.58. The molecule has 25 heteroatoms. The standard InChI is InChI=1S/C45H73N11O13S/c1-5-19-70(68,69)20-18-32(45(67)56(4)25-38(61)51-33(41(63)50-24-37(49)60)22-27-10-8-7-9-11-27)53-43(65)34(23-36(48)59)54-42(64)31(16-17-35(47)58)52-44(66)39(26(3)6-2)55-40(62)30(46)21-28-12-14-29(57)15-13-28/h12-15,26-27,30-34,39,57H,5-11,16-25,46H2,1-4H3,(H2,47,58)(H2,48,59)(H2,49,60)(H,50,63)(H,51,61)(H,52,66)(H,53,65)(H,54,64)(H,55,62)/t26-,30+,31-,32-,33-,34-,39-/m0/s1. The normalized spacial score (nSPS) is 15.8. The number of carbonyl (C=O) groups excluding carboxylic acids is 10. The number of carbonyl (C=O) groups is 10. The van der Waals surface area contributed by atoms with Crippen LogP contribution in [0.4, 0.5) is 0 Å². The molecule has 0 radical (unpaired) electrons. The first-order valence-electron chi connectivity index (χ1n) is 23.5. The highest BCUT2D eigenvalue weighted by Gasteiger charge is 2.36. The third kappa shape index (κ3) is 21.9. The van der Waals surface area contributed by atoms with Gasteiger partial charge in [-0.05, 0) is 61.6 Å². The lowest BCUT2D eigenvalue weighted by molar-refractivity contribution is -0.140. The van der Waals surface area contributed by atoms with E-state index in [2.05, 4.69) is 31.9 Å². The maximum Gasteiger partial charge on any atom is 0.245 e. The molecule has 392 valence electrons. The Balaban J connectivity index is 2.36. The van der Waals surface area contributed by atoms with E-state index in [4.69, 9.17) is 22.9 Å². The minimum Gasteiger partial charge on any atom is -0.508 e. The van der Waals surface area contributed by atoms with Gasteiger partial charge in [0.2, 0.25) is 59.1 Å². The quantitative estimate of drug-likeness (QED) is 0.0356. The van der Waals surface area contributed by atoms with Crippen LogP contribution in [-0.2, 0) is 64.2 Å². The zero-order valence-corrected chi connectivity index (χ0v) is 41.3. The van der Waals surface area contributed by atoms with Crippen LogP contribution >= 0.6 is 0 Å². The highest BCUT2D eigenvalue weighted by Crippen LogP contribution is 2.27. The molecule has 10 amide bonds. The first kappa shape index (κ1) is 59.8. The van der Waals surface area contributed by atoms with E-state index in [9.17, 15) is 61.5 Å². The predicted molar refractivity (Wildman–Crippen MR) is 256 cm³/mol. The number of phenolic OH excluding ortho intramolecular Hbond substituents is 1. The fourth-order valence-electron chi connectivity index (χ4n) is 7.77. The summed E-state index contributed by atoms with van der Waals surface area (Å²) in [6.07, 6.45) is 3.15. The molecule has 1 saturated carbocycles. The molecule has 0 spiro atoms. The molecular formula is C45H73N11O13S. The summed E-state index contributed by atoms with van der Waals surface area (Å²) in [5, 5.41) is 24.3. The number of hydrogen-bond acceptors (Lipinski definition) is 14. The molecule has 0 unspecified atom stereocenters. The Bertz CT molecular complexity index is 2100. The van der Waals surface area contributed by atoms with Crippen LogP contribution in [0, 0.1) is 11.8 Å². The highest BCUT2D eigenvalue weighted by atomic mass is 32.2. The van der Waals surface area contributed by atoms with E-state index >= 15 is 0 Å². The number of nitrogens with zero attached hydrogens (tertiary/aromatic N) is 1. The lowest BCUT2D eigenvalue weighted by atomic mass is 9.84. The average Bonchev–Trinajstić information content (AvgIpc) is 3.29. The molecule has 0 aliphatic heterocycles. The number of phenols is 1. The summed E-state index contributed by atoms with van der Waals surface area (Å²) in [6, 6.07) is -2.66. The monoisotopic (exact) mass is 1010 g/mol. The number of sulfone groups is 1. The molecule has 1 aliphatic carbocycles. The maximum absolute atomic E-state index is 14.0. The van der Waals surface area contributed by atoms with Crippen LogP contribution in [0.1, 0.15) is 103 Å². The Morgan fingerprint density at radius 2 is 1.31 bits per heavy atom. The van der Waals surface area contributed by atoms with Gasteiger partial charge in [-0.3, -0.25) is 47.9 Å². The van der Waals surface area contributed by atoms with E-state index in [1.54, 1.807) is 32.9 Å². The lowest BCUT2D eigenvalue weighted by Gasteiger charge is -2.29. The molecule has 0 aromatic heterocycles. The van der Waals surface area contributed by atoms with Crippen molar-refractivity contribution in [3.05, 3.63) is 29.8 Å². The van der Waals surface area contributed by atoms with Crippen LogP contribution in [0.3, 0.4) is 0 Å². The van der Waals surface area contributed by atoms with Gasteiger partial charge >= 0.3 is 0 Å². The van der Waals surface area contributed by atoms with Gasteiger partial charge in [0, 0.05) is 19.2 Å². The Hall–Kier alpha value is -6.37. The van der Waals surface area contributed by atoms with Gasteiger partial charge in [0.25, 0.3) is 0 Å². The van der Waals surface area contributed by atoms with Gasteiger partial charge in [0.05, 0.1) is 31.3 Å². The summed E-state index contributed by atoms with van der Waals surface area (Å²) < 4.78 is 25.7. The van der Waals surface area contributed by atoms with Crippen molar-refractivity contribution in [3.63, 3.8) is 0 Å². The van der Waals surface area contributed by atoms with E-state index in [0.717, 1.165) is 37.0 Å². The molecule has 7 atom stereocenters. The van der Waals surface area contributed by atoms with Gasteiger partial charge in [-0.1, -0.05) is 71.4 Å². The minimum absolute atomic E-state index is 0.00707. The van der Waals surface area contributed by atoms with Crippen molar-refractivity contribution in [2.75, 3.05) is 31.6 Å². The van der Waals surface area contributed by atoms with Crippen molar-refractivity contribution < 1.29 is 61.5 Å². The number of nitrogens with two attached hydrogens (primary N) is 4. The van der Waals surface area contributed by atoms with Crippen molar-refractivity contribution in [2.45, 2.75) is 140 Å². The third-order valence-electron chi connectivity index (χ3n) is 11.9. The molecule has 1 aliphatic rings. The van der Waals surface area contributed by atoms with E-state index in [0.29, 0.717) is 12.0 Å².